The minimum Gasteiger partial charge on any atom is -0.372 e. The number of nitrogens with zero attached hydrogens (tertiary/aromatic N) is 1. The van der Waals surface area contributed by atoms with Gasteiger partial charge >= 0.3 is 0 Å². The Balaban J connectivity index is 1.50. The van der Waals surface area contributed by atoms with Gasteiger partial charge in [-0.1, -0.05) is 35.3 Å². The van der Waals surface area contributed by atoms with Crippen LogP contribution in [0.5, 0.6) is 0 Å². The number of hydrogen-bond acceptors (Lipinski definition) is 6. The van der Waals surface area contributed by atoms with Crippen LogP contribution in [0.15, 0.2) is 42.5 Å². The smallest absolute Gasteiger partial charge is 0.243 e. The zero-order valence-electron chi connectivity index (χ0n) is 23.5. The average molecular weight is 644 g/mol. The number of ether oxygens (including phenoxy) is 1. The number of piperidine rings is 1. The predicted molar refractivity (Wildman–Crippen MR) is 160 cm³/mol. The van der Waals surface area contributed by atoms with Crippen molar-refractivity contribution in [3.63, 3.8) is 0 Å². The highest BCUT2D eigenvalue weighted by Gasteiger charge is 2.42. The molecule has 2 amide bonds. The molecule has 0 spiro atoms. The van der Waals surface area contributed by atoms with Crippen LogP contribution in [-0.4, -0.2) is 69.2 Å². The predicted octanol–water partition coefficient (Wildman–Crippen LogP) is 3.63. The van der Waals surface area contributed by atoms with Gasteiger partial charge in [0.05, 0.1) is 19.0 Å². The van der Waals surface area contributed by atoms with Gasteiger partial charge in [-0.05, 0) is 80.6 Å². The maximum Gasteiger partial charge on any atom is 0.243 e. The Morgan fingerprint density at radius 2 is 1.81 bits per heavy atom. The van der Waals surface area contributed by atoms with Gasteiger partial charge in [0, 0.05) is 35.1 Å². The van der Waals surface area contributed by atoms with E-state index in [1.165, 1.54) is 23.1 Å². The van der Waals surface area contributed by atoms with Crippen molar-refractivity contribution in [2.75, 3.05) is 25.9 Å². The lowest BCUT2D eigenvalue weighted by molar-refractivity contribution is -0.140. The fourth-order valence-corrected chi connectivity index (χ4v) is 6.50. The third-order valence-corrected chi connectivity index (χ3v) is 8.88. The summed E-state index contributed by atoms with van der Waals surface area (Å²) in [5.74, 6) is -1.11. The van der Waals surface area contributed by atoms with Crippen molar-refractivity contribution < 1.29 is 27.1 Å². The molecular weight excluding hydrogens is 606 g/mol. The second-order valence-corrected chi connectivity index (χ2v) is 13.6. The summed E-state index contributed by atoms with van der Waals surface area (Å²) in [6.45, 7) is 1.99. The summed E-state index contributed by atoms with van der Waals surface area (Å²) in [5, 5.41) is 6.95. The molecule has 0 unspecified atom stereocenters. The van der Waals surface area contributed by atoms with Gasteiger partial charge in [0.2, 0.25) is 21.8 Å². The number of benzene rings is 2. The molecule has 0 aliphatic carbocycles. The van der Waals surface area contributed by atoms with E-state index in [4.69, 9.17) is 27.9 Å². The van der Waals surface area contributed by atoms with E-state index in [0.29, 0.717) is 28.8 Å². The normalized spacial score (nSPS) is 20.4. The summed E-state index contributed by atoms with van der Waals surface area (Å²) in [5.41, 5.74) is 1.08. The molecule has 2 aromatic carbocycles. The average Bonchev–Trinajstić information content (AvgIpc) is 3.39. The minimum atomic E-state index is -3.71. The number of likely N-dealkylation sites (tertiary alicyclic amines) is 1. The summed E-state index contributed by atoms with van der Waals surface area (Å²) >= 11 is 12.0. The summed E-state index contributed by atoms with van der Waals surface area (Å²) < 4.78 is 47.3. The molecule has 2 fully saturated rings. The van der Waals surface area contributed by atoms with E-state index in [9.17, 15) is 22.4 Å². The summed E-state index contributed by atoms with van der Waals surface area (Å²) in [4.78, 5) is 28.7. The molecule has 2 heterocycles. The second kappa shape index (κ2) is 14.9. The molecule has 0 radical (unpaired) electrons. The van der Waals surface area contributed by atoms with E-state index in [1.54, 1.807) is 12.1 Å². The maximum absolute atomic E-state index is 14.3. The number of carbonyl (C=O) groups is 2. The van der Waals surface area contributed by atoms with Crippen LogP contribution in [0.25, 0.3) is 0 Å². The molecule has 4 rings (SSSR count). The van der Waals surface area contributed by atoms with Crippen LogP contribution < -0.4 is 15.4 Å². The van der Waals surface area contributed by atoms with Crippen LogP contribution in [0, 0.1) is 11.7 Å². The standard InChI is InChI=1S/C29H37Cl2FN4O5S/c1-42(39,40)35-26(9-4-19-10-12-33-13-11-19)29(38)36-17-24(41-18-20-2-5-22(30)6-3-20)15-27(36)28(37)34-16-21-14-23(31)7-8-25(21)32/h2-3,5-8,14,19,24,26-27,33,35H,4,9-13,15-18H2,1H3,(H,34,37)/t24-,26-,27-/m1/s1. The van der Waals surface area contributed by atoms with E-state index >= 15 is 0 Å². The van der Waals surface area contributed by atoms with E-state index in [0.717, 1.165) is 37.8 Å². The third-order valence-electron chi connectivity index (χ3n) is 7.68. The lowest BCUT2D eigenvalue weighted by Gasteiger charge is -2.30. The van der Waals surface area contributed by atoms with E-state index in [2.05, 4.69) is 15.4 Å². The monoisotopic (exact) mass is 642 g/mol. The molecular formula is C29H37Cl2FN4O5S. The number of amides is 2. The summed E-state index contributed by atoms with van der Waals surface area (Å²) in [6.07, 6.45) is 3.63. The molecule has 0 bridgehead atoms. The molecule has 2 aliphatic rings. The fraction of sp³-hybridized carbons (Fsp3) is 0.517. The van der Waals surface area contributed by atoms with Gasteiger partial charge in [-0.25, -0.2) is 17.5 Å². The lowest BCUT2D eigenvalue weighted by Crippen LogP contribution is -2.53. The Bertz CT molecular complexity index is 1340. The van der Waals surface area contributed by atoms with Gasteiger partial charge < -0.3 is 20.3 Å². The quantitative estimate of drug-likeness (QED) is 0.326. The van der Waals surface area contributed by atoms with Crippen molar-refractivity contribution >= 4 is 45.0 Å². The molecule has 3 N–H and O–H groups in total. The van der Waals surface area contributed by atoms with Crippen molar-refractivity contribution in [1.82, 2.24) is 20.3 Å². The van der Waals surface area contributed by atoms with Crippen LogP contribution in [0.4, 0.5) is 4.39 Å². The number of nitrogens with one attached hydrogen (secondary N) is 3. The summed E-state index contributed by atoms with van der Waals surface area (Å²) in [6, 6.07) is 9.27. The molecule has 2 aromatic rings. The number of carbonyl (C=O) groups excluding carboxylic acids is 2. The molecule has 2 saturated heterocycles. The molecule has 2 aliphatic heterocycles. The first-order valence-electron chi connectivity index (χ1n) is 14.0. The van der Waals surface area contributed by atoms with Crippen LogP contribution in [0.1, 0.15) is 43.2 Å². The molecule has 9 nitrogen and oxygen atoms in total. The highest BCUT2D eigenvalue weighted by atomic mass is 35.5. The van der Waals surface area contributed by atoms with Gasteiger partial charge in [0.1, 0.15) is 17.9 Å². The van der Waals surface area contributed by atoms with Crippen molar-refractivity contribution in [3.05, 3.63) is 69.5 Å². The van der Waals surface area contributed by atoms with E-state index < -0.39 is 45.8 Å². The molecule has 3 atom stereocenters. The number of rotatable bonds is 12. The van der Waals surface area contributed by atoms with Gasteiger partial charge in [-0.3, -0.25) is 9.59 Å². The molecule has 42 heavy (non-hydrogen) atoms. The zero-order chi connectivity index (χ0) is 30.3. The molecule has 13 heteroatoms. The third kappa shape index (κ3) is 9.62. The highest BCUT2D eigenvalue weighted by molar-refractivity contribution is 7.88. The van der Waals surface area contributed by atoms with Gasteiger partial charge in [-0.2, -0.15) is 0 Å². The van der Waals surface area contributed by atoms with Crippen molar-refractivity contribution in [1.29, 1.82) is 0 Å². The minimum absolute atomic E-state index is 0.103. The van der Waals surface area contributed by atoms with E-state index in [1.807, 2.05) is 12.1 Å². The highest BCUT2D eigenvalue weighted by Crippen LogP contribution is 2.26. The van der Waals surface area contributed by atoms with Gasteiger partial charge in [0.25, 0.3) is 0 Å². The zero-order valence-corrected chi connectivity index (χ0v) is 25.8. The molecule has 0 saturated carbocycles. The first-order valence-corrected chi connectivity index (χ1v) is 16.7. The second-order valence-electron chi connectivity index (χ2n) is 11.0. The van der Waals surface area contributed by atoms with Crippen molar-refractivity contribution in [3.8, 4) is 0 Å². The Morgan fingerprint density at radius 1 is 1.12 bits per heavy atom. The Hall–Kier alpha value is -2.28. The molecule has 0 aromatic heterocycles. The van der Waals surface area contributed by atoms with Gasteiger partial charge in [0.15, 0.2) is 0 Å². The Morgan fingerprint density at radius 3 is 2.50 bits per heavy atom. The Kier molecular flexibility index (Phi) is 11.6. The first kappa shape index (κ1) is 32.6. The number of sulfonamides is 1. The first-order chi connectivity index (χ1) is 20.0. The van der Waals surface area contributed by atoms with Crippen LogP contribution in [-0.2, 0) is 37.5 Å². The molecule has 230 valence electrons. The summed E-state index contributed by atoms with van der Waals surface area (Å²) in [7, 11) is -3.71. The van der Waals surface area contributed by atoms with E-state index in [-0.39, 0.29) is 31.7 Å². The van der Waals surface area contributed by atoms with Crippen LogP contribution >= 0.6 is 23.2 Å². The van der Waals surface area contributed by atoms with Gasteiger partial charge in [-0.15, -0.1) is 0 Å². The SMILES string of the molecule is CS(=O)(=O)N[C@H](CCC1CCNCC1)C(=O)N1C[C@H](OCc2ccc(Cl)cc2)C[C@@H]1C(=O)NCc1cc(Cl)ccc1F. The lowest BCUT2D eigenvalue weighted by atomic mass is 9.91. The number of hydrogen-bond donors (Lipinski definition) is 3. The number of halogens is 3. The van der Waals surface area contributed by atoms with Crippen LogP contribution in [0.2, 0.25) is 10.0 Å². The van der Waals surface area contributed by atoms with Crippen molar-refractivity contribution in [2.24, 2.45) is 5.92 Å². The van der Waals surface area contributed by atoms with Crippen molar-refractivity contribution in [2.45, 2.75) is 63.4 Å². The fourth-order valence-electron chi connectivity index (χ4n) is 5.45. The topological polar surface area (TPSA) is 117 Å². The van der Waals surface area contributed by atoms with Crippen LogP contribution in [0.3, 0.4) is 0 Å². The Labute approximate surface area is 256 Å². The largest absolute Gasteiger partial charge is 0.372 e. The maximum atomic E-state index is 14.3.